The maximum Gasteiger partial charge on any atom is 0.221 e. The molecule has 170 valence electrons. The summed E-state index contributed by atoms with van der Waals surface area (Å²) in [5.74, 6) is -2.74. The van der Waals surface area contributed by atoms with Crippen molar-refractivity contribution in [2.75, 3.05) is 5.75 Å². The quantitative estimate of drug-likeness (QED) is 0.540. The fourth-order valence-corrected chi connectivity index (χ4v) is 5.11. The summed E-state index contributed by atoms with van der Waals surface area (Å²) >= 11 is 1.25. The number of pyridine rings is 1. The van der Waals surface area contributed by atoms with Crippen molar-refractivity contribution < 1.29 is 22.4 Å². The van der Waals surface area contributed by atoms with Crippen LogP contribution in [-0.2, 0) is 32.3 Å². The van der Waals surface area contributed by atoms with Gasteiger partial charge in [0.25, 0.3) is 0 Å². The van der Waals surface area contributed by atoms with Crippen LogP contribution in [0.25, 0.3) is 0 Å². The van der Waals surface area contributed by atoms with Gasteiger partial charge in [-0.05, 0) is 50.8 Å². The van der Waals surface area contributed by atoms with Crippen LogP contribution in [0.3, 0.4) is 0 Å². The molecule has 0 aliphatic rings. The molecule has 2 heterocycles. The Bertz CT molecular complexity index is 989. The first-order valence-corrected chi connectivity index (χ1v) is 12.4. The number of alkyl halides is 1. The number of nitrogens with two attached hydrogens (primary N) is 1. The number of thiazole rings is 1. The van der Waals surface area contributed by atoms with Crippen LogP contribution in [0.2, 0.25) is 0 Å². The van der Waals surface area contributed by atoms with Crippen LogP contribution in [0, 0.1) is 5.92 Å². The molecule has 31 heavy (non-hydrogen) atoms. The summed E-state index contributed by atoms with van der Waals surface area (Å²) in [5.41, 5.74) is 5.30. The minimum atomic E-state index is -3.57. The van der Waals surface area contributed by atoms with Crippen LogP contribution in [0.5, 0.6) is 0 Å². The first-order valence-electron chi connectivity index (χ1n) is 9.81. The number of carbonyl (C=O) groups is 2. The summed E-state index contributed by atoms with van der Waals surface area (Å²) in [4.78, 5) is 32.5. The lowest BCUT2D eigenvalue weighted by atomic mass is 9.85. The smallest absolute Gasteiger partial charge is 0.221 e. The number of rotatable bonds is 11. The second kappa shape index (κ2) is 9.95. The number of amides is 1. The number of nitrogens with zero attached hydrogens (tertiary/aromatic N) is 2. The highest BCUT2D eigenvalue weighted by molar-refractivity contribution is 7.92. The standard InChI is InChI=1S/C21H28FN3O4S2/c1-20(2,3)31(28,29)13-16(8-15-4-6-24-7-5-15)9-18(26)21(22,11-19(23)27)10-17-12-30-14-25-17/h4-7,12,14,16H,8-11,13H2,1-3H3,(H2,23,27)/t16-,21-/m1/s1. The van der Waals surface area contributed by atoms with E-state index in [-0.39, 0.29) is 25.0 Å². The van der Waals surface area contributed by atoms with Crippen LogP contribution in [0.15, 0.2) is 35.4 Å². The van der Waals surface area contributed by atoms with E-state index < -0.39 is 44.3 Å². The van der Waals surface area contributed by atoms with E-state index in [0.29, 0.717) is 5.69 Å². The molecule has 2 N–H and O–H groups in total. The Morgan fingerprint density at radius 1 is 1.23 bits per heavy atom. The van der Waals surface area contributed by atoms with Gasteiger partial charge in [0, 0.05) is 30.6 Å². The lowest BCUT2D eigenvalue weighted by molar-refractivity contribution is -0.136. The summed E-state index contributed by atoms with van der Waals surface area (Å²) in [6.07, 6.45) is 1.89. The molecule has 10 heteroatoms. The second-order valence-corrected chi connectivity index (χ2v) is 12.2. The van der Waals surface area contributed by atoms with Crippen molar-refractivity contribution in [3.63, 3.8) is 0 Å². The van der Waals surface area contributed by atoms with Crippen molar-refractivity contribution in [3.8, 4) is 0 Å². The molecular formula is C21H28FN3O4S2. The molecule has 0 fully saturated rings. The lowest BCUT2D eigenvalue weighted by Gasteiger charge is -2.27. The Balaban J connectivity index is 2.31. The maximum atomic E-state index is 15.7. The van der Waals surface area contributed by atoms with Gasteiger partial charge in [-0.1, -0.05) is 0 Å². The first-order chi connectivity index (χ1) is 14.3. The predicted octanol–water partition coefficient (Wildman–Crippen LogP) is 2.70. The molecule has 0 radical (unpaired) electrons. The minimum absolute atomic E-state index is 0.257. The van der Waals surface area contributed by atoms with Gasteiger partial charge in [-0.3, -0.25) is 14.6 Å². The van der Waals surface area contributed by atoms with Gasteiger partial charge in [-0.25, -0.2) is 17.8 Å². The largest absolute Gasteiger partial charge is 0.370 e. The highest BCUT2D eigenvalue weighted by Crippen LogP contribution is 2.29. The Morgan fingerprint density at radius 2 is 1.87 bits per heavy atom. The molecule has 0 aliphatic carbocycles. The molecule has 0 aromatic carbocycles. The lowest BCUT2D eigenvalue weighted by Crippen LogP contribution is -2.42. The number of carbonyl (C=O) groups excluding carboxylic acids is 2. The zero-order chi connectivity index (χ0) is 23.3. The van der Waals surface area contributed by atoms with Crippen molar-refractivity contribution in [2.45, 2.75) is 56.9 Å². The Kier molecular flexibility index (Phi) is 8.04. The van der Waals surface area contributed by atoms with E-state index in [1.807, 2.05) is 0 Å². The SMILES string of the molecule is CC(C)(C)S(=O)(=O)C[C@@H](CC(=O)[C@](F)(CC(N)=O)Cc1cscn1)Cc1ccncc1. The highest BCUT2D eigenvalue weighted by atomic mass is 32.2. The van der Waals surface area contributed by atoms with Crippen LogP contribution < -0.4 is 5.73 Å². The van der Waals surface area contributed by atoms with Crippen LogP contribution in [0.1, 0.15) is 44.9 Å². The minimum Gasteiger partial charge on any atom is -0.370 e. The van der Waals surface area contributed by atoms with E-state index in [4.69, 9.17) is 5.73 Å². The molecule has 0 bridgehead atoms. The van der Waals surface area contributed by atoms with Crippen molar-refractivity contribution in [2.24, 2.45) is 11.7 Å². The fourth-order valence-electron chi connectivity index (χ4n) is 3.20. The molecule has 0 unspecified atom stereocenters. The van der Waals surface area contributed by atoms with Crippen molar-refractivity contribution >= 4 is 32.9 Å². The van der Waals surface area contributed by atoms with Crippen molar-refractivity contribution in [3.05, 3.63) is 46.7 Å². The molecule has 7 nitrogen and oxygen atoms in total. The number of hydrogen-bond donors (Lipinski definition) is 1. The van der Waals surface area contributed by atoms with E-state index in [9.17, 15) is 18.0 Å². The summed E-state index contributed by atoms with van der Waals surface area (Å²) in [7, 11) is -3.57. The molecule has 2 rings (SSSR count). The second-order valence-electron chi connectivity index (χ2n) is 8.71. The average Bonchev–Trinajstić information content (AvgIpc) is 3.13. The number of hydrogen-bond acceptors (Lipinski definition) is 7. The first kappa shape index (κ1) is 25.1. The summed E-state index contributed by atoms with van der Waals surface area (Å²) in [6, 6.07) is 3.45. The van der Waals surface area contributed by atoms with Gasteiger partial charge in [0.15, 0.2) is 21.3 Å². The van der Waals surface area contributed by atoms with Crippen LogP contribution in [-0.4, -0.2) is 46.2 Å². The van der Waals surface area contributed by atoms with Crippen molar-refractivity contribution in [1.29, 1.82) is 0 Å². The van der Waals surface area contributed by atoms with E-state index >= 15 is 4.39 Å². The van der Waals surface area contributed by atoms with E-state index in [0.717, 1.165) is 5.56 Å². The maximum absolute atomic E-state index is 15.7. The van der Waals surface area contributed by atoms with E-state index in [2.05, 4.69) is 9.97 Å². The van der Waals surface area contributed by atoms with Gasteiger partial charge in [0.05, 0.1) is 28.1 Å². The third-order valence-corrected chi connectivity index (χ3v) is 8.45. The average molecular weight is 470 g/mol. The number of Topliss-reactive ketones (excluding diaryl/α,β-unsaturated/α-hetero) is 1. The molecule has 1 amide bonds. The van der Waals surface area contributed by atoms with Crippen LogP contribution >= 0.6 is 11.3 Å². The Morgan fingerprint density at radius 3 is 2.39 bits per heavy atom. The van der Waals surface area contributed by atoms with Crippen LogP contribution in [0.4, 0.5) is 4.39 Å². The molecule has 0 saturated heterocycles. The number of primary amides is 1. The molecule has 2 aromatic rings. The Labute approximate surface area is 186 Å². The third kappa shape index (κ3) is 7.17. The number of halogens is 1. The van der Waals surface area contributed by atoms with E-state index in [1.54, 1.807) is 50.7 Å². The molecule has 0 aliphatic heterocycles. The van der Waals surface area contributed by atoms with E-state index in [1.165, 1.54) is 16.8 Å². The zero-order valence-corrected chi connectivity index (χ0v) is 19.5. The van der Waals surface area contributed by atoms with Crippen molar-refractivity contribution in [1.82, 2.24) is 9.97 Å². The topological polar surface area (TPSA) is 120 Å². The normalized spacial score (nSPS) is 15.2. The number of aromatic nitrogens is 2. The molecular weight excluding hydrogens is 441 g/mol. The summed E-state index contributed by atoms with van der Waals surface area (Å²) < 4.78 is 40.3. The van der Waals surface area contributed by atoms with Gasteiger partial charge in [0.2, 0.25) is 5.91 Å². The van der Waals surface area contributed by atoms with Gasteiger partial charge in [-0.2, -0.15) is 0 Å². The Hall–Kier alpha value is -2.20. The molecule has 2 atom stereocenters. The highest BCUT2D eigenvalue weighted by Gasteiger charge is 2.42. The zero-order valence-electron chi connectivity index (χ0n) is 17.9. The molecule has 2 aromatic heterocycles. The summed E-state index contributed by atoms with van der Waals surface area (Å²) in [6.45, 7) is 4.76. The number of sulfone groups is 1. The number of ketones is 1. The molecule has 0 saturated carbocycles. The van der Waals surface area contributed by atoms with Gasteiger partial charge >= 0.3 is 0 Å². The third-order valence-electron chi connectivity index (χ3n) is 5.03. The predicted molar refractivity (Wildman–Crippen MR) is 118 cm³/mol. The monoisotopic (exact) mass is 469 g/mol. The van der Waals surface area contributed by atoms with Gasteiger partial charge in [0.1, 0.15) is 0 Å². The van der Waals surface area contributed by atoms with Gasteiger partial charge < -0.3 is 5.73 Å². The van der Waals surface area contributed by atoms with Gasteiger partial charge in [-0.15, -0.1) is 11.3 Å². The fraction of sp³-hybridized carbons (Fsp3) is 0.524. The molecule has 0 spiro atoms. The summed E-state index contributed by atoms with van der Waals surface area (Å²) in [5, 5.41) is 1.60.